The molecule has 5 nitrogen and oxygen atoms in total. The van der Waals surface area contributed by atoms with E-state index in [0.29, 0.717) is 12.5 Å². The maximum atomic E-state index is 12.1. The summed E-state index contributed by atoms with van der Waals surface area (Å²) >= 11 is 0. The van der Waals surface area contributed by atoms with Gasteiger partial charge in [0, 0.05) is 13.6 Å². The van der Waals surface area contributed by atoms with E-state index >= 15 is 0 Å². The van der Waals surface area contributed by atoms with Crippen molar-refractivity contribution in [1.29, 1.82) is 0 Å². The van der Waals surface area contributed by atoms with Crippen molar-refractivity contribution < 1.29 is 19.4 Å². The second kappa shape index (κ2) is 8.41. The summed E-state index contributed by atoms with van der Waals surface area (Å²) in [6.45, 7) is 6.63. The molecule has 0 aliphatic rings. The number of hydrogen-bond acceptors (Lipinski definition) is 3. The molecule has 1 aromatic rings. The van der Waals surface area contributed by atoms with Crippen LogP contribution in [0.3, 0.4) is 0 Å². The summed E-state index contributed by atoms with van der Waals surface area (Å²) in [5.41, 5.74) is 0.886. The fraction of sp³-hybridized carbons (Fsp3) is 0.529. The van der Waals surface area contributed by atoms with Crippen LogP contribution in [0.4, 0.5) is 0 Å². The van der Waals surface area contributed by atoms with E-state index in [1.165, 1.54) is 4.90 Å². The van der Waals surface area contributed by atoms with Gasteiger partial charge in [0.05, 0.1) is 18.9 Å². The number of rotatable bonds is 8. The van der Waals surface area contributed by atoms with Crippen LogP contribution in [0.1, 0.15) is 26.3 Å². The molecule has 0 aliphatic heterocycles. The Morgan fingerprint density at radius 3 is 2.27 bits per heavy atom. The van der Waals surface area contributed by atoms with E-state index in [2.05, 4.69) is 13.8 Å². The normalized spacial score (nSPS) is 12.0. The van der Waals surface area contributed by atoms with Crippen LogP contribution in [0.2, 0.25) is 0 Å². The van der Waals surface area contributed by atoms with Crippen molar-refractivity contribution in [1.82, 2.24) is 4.90 Å². The molecule has 0 heterocycles. The molecule has 0 fully saturated rings. The molecule has 5 heteroatoms. The van der Waals surface area contributed by atoms with E-state index < -0.39 is 11.9 Å². The van der Waals surface area contributed by atoms with Crippen molar-refractivity contribution in [3.8, 4) is 5.75 Å². The third-order valence-electron chi connectivity index (χ3n) is 3.26. The van der Waals surface area contributed by atoms with Crippen molar-refractivity contribution in [3.63, 3.8) is 0 Å². The van der Waals surface area contributed by atoms with Crippen molar-refractivity contribution in [2.75, 3.05) is 20.2 Å². The molecular formula is C17H25NO4. The number of amides is 1. The van der Waals surface area contributed by atoms with Crippen LogP contribution < -0.4 is 4.74 Å². The van der Waals surface area contributed by atoms with Gasteiger partial charge < -0.3 is 14.7 Å². The number of hydrogen-bond donors (Lipinski definition) is 1. The van der Waals surface area contributed by atoms with Crippen molar-refractivity contribution in [3.05, 3.63) is 29.8 Å². The summed E-state index contributed by atoms with van der Waals surface area (Å²) in [5.74, 6) is -0.306. The number of carboxylic acids is 1. The van der Waals surface area contributed by atoms with Crippen LogP contribution >= 0.6 is 0 Å². The summed E-state index contributed by atoms with van der Waals surface area (Å²) in [6.07, 6.45) is 0.257. The molecule has 1 unspecified atom stereocenters. The summed E-state index contributed by atoms with van der Waals surface area (Å²) in [4.78, 5) is 24.3. The van der Waals surface area contributed by atoms with E-state index in [9.17, 15) is 9.59 Å². The largest absolute Gasteiger partial charge is 0.493 e. The molecule has 0 aliphatic carbocycles. The Morgan fingerprint density at radius 1 is 1.18 bits per heavy atom. The van der Waals surface area contributed by atoms with Gasteiger partial charge in [-0.1, -0.05) is 32.9 Å². The molecule has 122 valence electrons. The van der Waals surface area contributed by atoms with Crippen LogP contribution in [-0.2, 0) is 16.0 Å². The first-order valence-corrected chi connectivity index (χ1v) is 7.48. The lowest BCUT2D eigenvalue weighted by Crippen LogP contribution is -2.34. The third-order valence-corrected chi connectivity index (χ3v) is 3.26. The van der Waals surface area contributed by atoms with Crippen LogP contribution in [0, 0.1) is 11.8 Å². The molecule has 0 saturated heterocycles. The van der Waals surface area contributed by atoms with Crippen molar-refractivity contribution in [2.24, 2.45) is 11.8 Å². The molecule has 0 radical (unpaired) electrons. The van der Waals surface area contributed by atoms with Gasteiger partial charge in [-0.2, -0.15) is 0 Å². The Balaban J connectivity index is 2.52. The Kier molecular flexibility index (Phi) is 6.89. The van der Waals surface area contributed by atoms with Crippen LogP contribution in [0.25, 0.3) is 0 Å². The summed E-state index contributed by atoms with van der Waals surface area (Å²) in [5, 5.41) is 8.87. The minimum Gasteiger partial charge on any atom is -0.493 e. The second-order valence-corrected chi connectivity index (χ2v) is 6.04. The van der Waals surface area contributed by atoms with Gasteiger partial charge in [0.25, 0.3) is 0 Å². The zero-order chi connectivity index (χ0) is 16.7. The average Bonchev–Trinajstić information content (AvgIpc) is 2.46. The number of nitrogens with zero attached hydrogens (tertiary/aromatic N) is 1. The van der Waals surface area contributed by atoms with Gasteiger partial charge in [-0.05, 0) is 23.6 Å². The highest BCUT2D eigenvalue weighted by Crippen LogP contribution is 2.14. The van der Waals surface area contributed by atoms with E-state index in [4.69, 9.17) is 9.84 Å². The summed E-state index contributed by atoms with van der Waals surface area (Å²) in [7, 11) is 1.63. The molecule has 1 amide bonds. The fourth-order valence-electron chi connectivity index (χ4n) is 1.87. The van der Waals surface area contributed by atoms with E-state index in [1.54, 1.807) is 14.0 Å². The quantitative estimate of drug-likeness (QED) is 0.801. The smallest absolute Gasteiger partial charge is 0.308 e. The fourth-order valence-corrected chi connectivity index (χ4v) is 1.87. The molecule has 1 rings (SSSR count). The first kappa shape index (κ1) is 18.0. The monoisotopic (exact) mass is 307 g/mol. The predicted octanol–water partition coefficient (Wildman–Crippen LogP) is 2.44. The molecule has 0 aromatic heterocycles. The molecule has 1 aromatic carbocycles. The Morgan fingerprint density at radius 2 is 1.77 bits per heavy atom. The Bertz CT molecular complexity index is 496. The van der Waals surface area contributed by atoms with Gasteiger partial charge in [0.1, 0.15) is 5.75 Å². The lowest BCUT2D eigenvalue weighted by molar-refractivity contribution is -0.142. The van der Waals surface area contributed by atoms with E-state index in [1.807, 2.05) is 24.3 Å². The van der Waals surface area contributed by atoms with Crippen molar-refractivity contribution >= 4 is 11.9 Å². The lowest BCUT2D eigenvalue weighted by Gasteiger charge is -2.19. The summed E-state index contributed by atoms with van der Waals surface area (Å²) in [6, 6.07) is 7.43. The molecule has 0 saturated carbocycles. The summed E-state index contributed by atoms with van der Waals surface area (Å²) < 4.78 is 5.59. The van der Waals surface area contributed by atoms with Crippen molar-refractivity contribution in [2.45, 2.75) is 27.2 Å². The number of carbonyl (C=O) groups is 2. The van der Waals surface area contributed by atoms with E-state index in [-0.39, 0.29) is 18.9 Å². The molecular weight excluding hydrogens is 282 g/mol. The SMILES string of the molecule is CC(C)COc1ccc(CC(=O)N(C)CC(C)C(=O)O)cc1. The number of aliphatic carboxylic acids is 1. The van der Waals surface area contributed by atoms with Gasteiger partial charge in [-0.25, -0.2) is 0 Å². The zero-order valence-electron chi connectivity index (χ0n) is 13.7. The highest BCUT2D eigenvalue weighted by molar-refractivity contribution is 5.79. The highest BCUT2D eigenvalue weighted by atomic mass is 16.5. The molecule has 0 bridgehead atoms. The Hall–Kier alpha value is -2.04. The van der Waals surface area contributed by atoms with Crippen LogP contribution in [0.5, 0.6) is 5.75 Å². The third kappa shape index (κ3) is 6.16. The van der Waals surface area contributed by atoms with Gasteiger partial charge in [0.2, 0.25) is 5.91 Å². The maximum Gasteiger partial charge on any atom is 0.308 e. The molecule has 0 spiro atoms. The predicted molar refractivity (Wildman–Crippen MR) is 84.9 cm³/mol. The van der Waals surface area contributed by atoms with Gasteiger partial charge in [0.15, 0.2) is 0 Å². The molecule has 1 N–H and O–H groups in total. The maximum absolute atomic E-state index is 12.1. The number of likely N-dealkylation sites (N-methyl/N-ethyl adjacent to an activating group) is 1. The second-order valence-electron chi connectivity index (χ2n) is 6.04. The van der Waals surface area contributed by atoms with Gasteiger partial charge in [-0.3, -0.25) is 9.59 Å². The first-order chi connectivity index (χ1) is 10.3. The number of benzene rings is 1. The minimum atomic E-state index is -0.897. The van der Waals surface area contributed by atoms with Crippen LogP contribution in [-0.4, -0.2) is 42.1 Å². The Labute approximate surface area is 131 Å². The van der Waals surface area contributed by atoms with Gasteiger partial charge >= 0.3 is 5.97 Å². The lowest BCUT2D eigenvalue weighted by atomic mass is 10.1. The number of carboxylic acid groups (broad SMARTS) is 1. The average molecular weight is 307 g/mol. The van der Waals surface area contributed by atoms with E-state index in [0.717, 1.165) is 11.3 Å². The van der Waals surface area contributed by atoms with Gasteiger partial charge in [-0.15, -0.1) is 0 Å². The minimum absolute atomic E-state index is 0.0936. The zero-order valence-corrected chi connectivity index (χ0v) is 13.7. The number of carbonyl (C=O) groups excluding carboxylic acids is 1. The molecule has 22 heavy (non-hydrogen) atoms. The highest BCUT2D eigenvalue weighted by Gasteiger charge is 2.17. The molecule has 1 atom stereocenters. The topological polar surface area (TPSA) is 66.8 Å². The first-order valence-electron chi connectivity index (χ1n) is 7.48. The van der Waals surface area contributed by atoms with Crippen LogP contribution in [0.15, 0.2) is 24.3 Å². The standard InChI is InChI=1S/C17H25NO4/c1-12(2)11-22-15-7-5-14(6-8-15)9-16(19)18(4)10-13(3)17(20)21/h5-8,12-13H,9-11H2,1-4H3,(H,20,21). The number of ether oxygens (including phenoxy) is 1.